The normalized spacial score (nSPS) is 21.3. The number of amides is 2. The highest BCUT2D eigenvalue weighted by Gasteiger charge is 2.31. The lowest BCUT2D eigenvalue weighted by molar-refractivity contribution is -0.115. The van der Waals surface area contributed by atoms with Crippen LogP contribution in [-0.2, 0) is 9.59 Å². The van der Waals surface area contributed by atoms with Gasteiger partial charge in [0.2, 0.25) is 5.91 Å². The summed E-state index contributed by atoms with van der Waals surface area (Å²) in [6, 6.07) is 0. The maximum atomic E-state index is 11.4. The Morgan fingerprint density at radius 2 is 2.00 bits per heavy atom. The second-order valence-corrected chi connectivity index (χ2v) is 4.81. The van der Waals surface area contributed by atoms with Crippen LogP contribution in [0.3, 0.4) is 0 Å². The number of hydrogen-bond donors (Lipinski definition) is 2. The minimum Gasteiger partial charge on any atom is -0.366 e. The second kappa shape index (κ2) is 4.08. The summed E-state index contributed by atoms with van der Waals surface area (Å²) < 4.78 is 0. The van der Waals surface area contributed by atoms with Crippen molar-refractivity contribution in [3.05, 3.63) is 34.6 Å². The minimum absolute atomic E-state index is 0.285. The van der Waals surface area contributed by atoms with Crippen LogP contribution in [0.5, 0.6) is 0 Å². The minimum atomic E-state index is -0.527. The molecule has 1 aliphatic carbocycles. The first-order chi connectivity index (χ1) is 9.06. The number of primary amides is 2. The van der Waals surface area contributed by atoms with Crippen molar-refractivity contribution < 1.29 is 9.59 Å². The highest BCUT2D eigenvalue weighted by molar-refractivity contribution is 6.07. The Hall–Kier alpha value is -2.37. The molecular formula is C13H14N4O2. The number of rotatable bonds is 2. The van der Waals surface area contributed by atoms with Crippen molar-refractivity contribution in [1.29, 1.82) is 0 Å². The van der Waals surface area contributed by atoms with Gasteiger partial charge in [-0.25, -0.2) is 4.99 Å². The second-order valence-electron chi connectivity index (χ2n) is 4.81. The molecule has 4 N–H and O–H groups in total. The van der Waals surface area contributed by atoms with E-state index in [4.69, 9.17) is 11.5 Å². The van der Waals surface area contributed by atoms with Crippen molar-refractivity contribution in [2.24, 2.45) is 16.5 Å². The van der Waals surface area contributed by atoms with E-state index >= 15 is 0 Å². The summed E-state index contributed by atoms with van der Waals surface area (Å²) in [5, 5.41) is 0. The Labute approximate surface area is 110 Å². The highest BCUT2D eigenvalue weighted by Crippen LogP contribution is 2.35. The molecule has 2 aliphatic heterocycles. The highest BCUT2D eigenvalue weighted by atomic mass is 16.1. The fourth-order valence-electron chi connectivity index (χ4n) is 2.49. The largest absolute Gasteiger partial charge is 0.366 e. The van der Waals surface area contributed by atoms with Crippen molar-refractivity contribution in [2.75, 3.05) is 13.1 Å². The molecule has 0 atom stereocenters. The lowest BCUT2D eigenvalue weighted by atomic mass is 9.86. The number of allylic oxidation sites excluding steroid dienone is 2. The van der Waals surface area contributed by atoms with Crippen LogP contribution in [0.15, 0.2) is 39.6 Å². The summed E-state index contributed by atoms with van der Waals surface area (Å²) in [5.74, 6) is -0.185. The van der Waals surface area contributed by atoms with E-state index < -0.39 is 11.8 Å². The molecule has 0 aromatic heterocycles. The van der Waals surface area contributed by atoms with Crippen LogP contribution in [-0.4, -0.2) is 35.6 Å². The van der Waals surface area contributed by atoms with Crippen molar-refractivity contribution in [3.63, 3.8) is 0 Å². The molecule has 6 nitrogen and oxygen atoms in total. The number of carbonyl (C=O) groups excluding carboxylic acids is 2. The summed E-state index contributed by atoms with van der Waals surface area (Å²) in [7, 11) is 0. The fourth-order valence-corrected chi connectivity index (χ4v) is 2.49. The SMILES string of the molecule is NC(=O)C1=CC2=C(CC2)C2=NC(C(N)=O)=CCN2C1. The Bertz CT molecular complexity index is 610. The number of amidine groups is 1. The molecule has 2 heterocycles. The van der Waals surface area contributed by atoms with Gasteiger partial charge in [0, 0.05) is 12.1 Å². The predicted molar refractivity (Wildman–Crippen MR) is 69.8 cm³/mol. The van der Waals surface area contributed by atoms with Gasteiger partial charge in [0.05, 0.1) is 6.54 Å². The van der Waals surface area contributed by atoms with Crippen LogP contribution in [0.2, 0.25) is 0 Å². The number of nitrogens with zero attached hydrogens (tertiary/aromatic N) is 2. The average molecular weight is 258 g/mol. The zero-order valence-electron chi connectivity index (χ0n) is 10.3. The third-order valence-corrected chi connectivity index (χ3v) is 3.61. The van der Waals surface area contributed by atoms with Gasteiger partial charge in [-0.3, -0.25) is 9.59 Å². The van der Waals surface area contributed by atoms with Gasteiger partial charge in [-0.2, -0.15) is 0 Å². The smallest absolute Gasteiger partial charge is 0.267 e. The van der Waals surface area contributed by atoms with E-state index in [9.17, 15) is 9.59 Å². The molecule has 0 saturated heterocycles. The predicted octanol–water partition coefficient (Wildman–Crippen LogP) is -0.415. The molecule has 2 amide bonds. The van der Waals surface area contributed by atoms with Crippen molar-refractivity contribution >= 4 is 17.6 Å². The number of carbonyl (C=O) groups is 2. The third-order valence-electron chi connectivity index (χ3n) is 3.61. The number of aliphatic imine (C=N–C) groups is 1. The topological polar surface area (TPSA) is 102 Å². The van der Waals surface area contributed by atoms with Crippen molar-refractivity contribution in [3.8, 4) is 0 Å². The van der Waals surface area contributed by atoms with Crippen molar-refractivity contribution in [1.82, 2.24) is 4.90 Å². The maximum absolute atomic E-state index is 11.4. The molecule has 6 heteroatoms. The van der Waals surface area contributed by atoms with Gasteiger partial charge in [-0.15, -0.1) is 0 Å². The van der Waals surface area contributed by atoms with E-state index in [0.717, 1.165) is 29.8 Å². The molecule has 0 bridgehead atoms. The summed E-state index contributed by atoms with van der Waals surface area (Å²) >= 11 is 0. The standard InChI is InChI=1S/C13H14N4O2/c14-11(18)8-5-7-1-2-9(7)13-16-10(12(15)19)3-4-17(13)6-8/h3,5H,1-2,4,6H2,(H2,14,18)(H2,15,19). The van der Waals surface area contributed by atoms with Crippen molar-refractivity contribution in [2.45, 2.75) is 12.8 Å². The Kier molecular flexibility index (Phi) is 2.51. The van der Waals surface area contributed by atoms with E-state index in [2.05, 4.69) is 4.99 Å². The van der Waals surface area contributed by atoms with E-state index in [-0.39, 0.29) is 5.70 Å². The lowest BCUT2D eigenvalue weighted by Gasteiger charge is -2.31. The third kappa shape index (κ3) is 1.85. The summed E-state index contributed by atoms with van der Waals surface area (Å²) in [5.41, 5.74) is 13.7. The number of nitrogens with two attached hydrogens (primary N) is 2. The molecule has 0 unspecified atom stereocenters. The molecule has 0 fully saturated rings. The lowest BCUT2D eigenvalue weighted by Crippen LogP contribution is -2.39. The van der Waals surface area contributed by atoms with Crippen LogP contribution in [0.4, 0.5) is 0 Å². The molecule has 0 radical (unpaired) electrons. The van der Waals surface area contributed by atoms with Crippen LogP contribution in [0.1, 0.15) is 12.8 Å². The zero-order chi connectivity index (χ0) is 13.6. The molecule has 0 aromatic rings. The van der Waals surface area contributed by atoms with Gasteiger partial charge in [0.25, 0.3) is 5.91 Å². The van der Waals surface area contributed by atoms with Gasteiger partial charge in [0.1, 0.15) is 11.5 Å². The van der Waals surface area contributed by atoms with E-state index in [1.165, 1.54) is 0 Å². The first-order valence-electron chi connectivity index (χ1n) is 6.12. The summed E-state index contributed by atoms with van der Waals surface area (Å²) in [6.45, 7) is 0.933. The van der Waals surface area contributed by atoms with Gasteiger partial charge in [0.15, 0.2) is 0 Å². The average Bonchev–Trinajstić information content (AvgIpc) is 2.43. The number of hydrogen-bond acceptors (Lipinski definition) is 4. The fraction of sp³-hybridized carbons (Fsp3) is 0.308. The first kappa shape index (κ1) is 11.7. The van der Waals surface area contributed by atoms with Gasteiger partial charge in [-0.05, 0) is 36.1 Å². The number of fused-ring (bicyclic) bond motifs is 2. The Balaban J connectivity index is 2.02. The van der Waals surface area contributed by atoms with Crippen LogP contribution < -0.4 is 11.5 Å². The quantitative estimate of drug-likeness (QED) is 0.703. The molecule has 98 valence electrons. The zero-order valence-corrected chi connectivity index (χ0v) is 10.3. The van der Waals surface area contributed by atoms with Crippen LogP contribution in [0, 0.1) is 0 Å². The summed E-state index contributed by atoms with van der Waals surface area (Å²) in [4.78, 5) is 28.9. The molecule has 3 rings (SSSR count). The van der Waals surface area contributed by atoms with Gasteiger partial charge >= 0.3 is 0 Å². The summed E-state index contributed by atoms with van der Waals surface area (Å²) in [6.07, 6.45) is 5.34. The molecule has 0 saturated carbocycles. The van der Waals surface area contributed by atoms with Crippen LogP contribution >= 0.6 is 0 Å². The molecule has 0 spiro atoms. The molecule has 0 aromatic carbocycles. The molecular weight excluding hydrogens is 244 g/mol. The maximum Gasteiger partial charge on any atom is 0.267 e. The first-order valence-corrected chi connectivity index (χ1v) is 6.12. The van der Waals surface area contributed by atoms with Crippen LogP contribution in [0.25, 0.3) is 0 Å². The molecule has 3 aliphatic rings. The molecule has 19 heavy (non-hydrogen) atoms. The Morgan fingerprint density at radius 1 is 1.21 bits per heavy atom. The van der Waals surface area contributed by atoms with E-state index in [1.54, 1.807) is 6.08 Å². The van der Waals surface area contributed by atoms with Gasteiger partial charge in [-0.1, -0.05) is 0 Å². The Morgan fingerprint density at radius 3 is 2.58 bits per heavy atom. The monoisotopic (exact) mass is 258 g/mol. The van der Waals surface area contributed by atoms with E-state index in [1.807, 2.05) is 11.0 Å². The van der Waals surface area contributed by atoms with Gasteiger partial charge < -0.3 is 16.4 Å². The van der Waals surface area contributed by atoms with E-state index in [0.29, 0.717) is 18.7 Å².